The van der Waals surface area contributed by atoms with E-state index in [1.807, 2.05) is 6.08 Å². The van der Waals surface area contributed by atoms with E-state index in [-0.39, 0.29) is 10.9 Å². The predicted molar refractivity (Wildman–Crippen MR) is 141 cm³/mol. The zero-order chi connectivity index (χ0) is 21.9. The largest absolute Gasteiger partial charge is 0.174 e. The summed E-state index contributed by atoms with van der Waals surface area (Å²) in [6.45, 7) is 6.17. The zero-order valence-electron chi connectivity index (χ0n) is 18.2. The molecule has 0 spiro atoms. The first-order valence-electron chi connectivity index (χ1n) is 10.9. The molecular formula is C31H25S+. The van der Waals surface area contributed by atoms with Gasteiger partial charge in [0, 0.05) is 16.3 Å². The van der Waals surface area contributed by atoms with Crippen molar-refractivity contribution in [1.29, 1.82) is 0 Å². The SMILES string of the molecule is C=Cc1cccc([S+](c2cccc3ccccc23)c2cccc3ccccc23)c1/C=C\C. The Hall–Kier alpha value is -3.55. The van der Waals surface area contributed by atoms with E-state index < -0.39 is 0 Å². The van der Waals surface area contributed by atoms with Crippen molar-refractivity contribution in [3.05, 3.63) is 127 Å². The second kappa shape index (κ2) is 8.90. The molecule has 0 N–H and O–H groups in total. The van der Waals surface area contributed by atoms with Crippen molar-refractivity contribution in [1.82, 2.24) is 0 Å². The molecule has 0 saturated carbocycles. The zero-order valence-corrected chi connectivity index (χ0v) is 19.0. The van der Waals surface area contributed by atoms with Gasteiger partial charge in [0.15, 0.2) is 14.7 Å². The Morgan fingerprint density at radius 1 is 0.594 bits per heavy atom. The smallest absolute Gasteiger partial charge is 0.0984 e. The van der Waals surface area contributed by atoms with Crippen molar-refractivity contribution in [3.8, 4) is 0 Å². The van der Waals surface area contributed by atoms with Crippen molar-refractivity contribution in [2.24, 2.45) is 0 Å². The average molecular weight is 430 g/mol. The Balaban J connectivity index is 1.91. The van der Waals surface area contributed by atoms with Gasteiger partial charge in [0.2, 0.25) is 0 Å². The summed E-state index contributed by atoms with van der Waals surface area (Å²) in [5.74, 6) is 0. The molecule has 32 heavy (non-hydrogen) atoms. The Morgan fingerprint density at radius 2 is 1.09 bits per heavy atom. The number of allylic oxidation sites excluding steroid dienone is 1. The summed E-state index contributed by atoms with van der Waals surface area (Å²) in [6, 6.07) is 37.4. The molecule has 0 saturated heterocycles. The van der Waals surface area contributed by atoms with E-state index >= 15 is 0 Å². The molecule has 0 radical (unpaired) electrons. The number of hydrogen-bond donors (Lipinski definition) is 0. The fourth-order valence-electron chi connectivity index (χ4n) is 4.36. The highest BCUT2D eigenvalue weighted by Crippen LogP contribution is 2.41. The molecule has 0 heterocycles. The topological polar surface area (TPSA) is 0 Å². The lowest BCUT2D eigenvalue weighted by molar-refractivity contribution is 1.33. The van der Waals surface area contributed by atoms with E-state index in [0.717, 1.165) is 0 Å². The molecule has 0 amide bonds. The van der Waals surface area contributed by atoms with E-state index in [1.54, 1.807) is 0 Å². The van der Waals surface area contributed by atoms with Gasteiger partial charge in [-0.1, -0.05) is 97.6 Å². The second-order valence-electron chi connectivity index (χ2n) is 7.72. The lowest BCUT2D eigenvalue weighted by Gasteiger charge is -2.15. The van der Waals surface area contributed by atoms with Crippen LogP contribution in [0.15, 0.2) is 130 Å². The molecule has 0 aromatic heterocycles. The lowest BCUT2D eigenvalue weighted by Crippen LogP contribution is -2.09. The minimum Gasteiger partial charge on any atom is -0.0984 e. The molecular weight excluding hydrogens is 404 g/mol. The van der Waals surface area contributed by atoms with Gasteiger partial charge in [0.1, 0.15) is 10.9 Å². The van der Waals surface area contributed by atoms with E-state index in [9.17, 15) is 0 Å². The molecule has 0 unspecified atom stereocenters. The maximum Gasteiger partial charge on any atom is 0.174 e. The highest BCUT2D eigenvalue weighted by atomic mass is 32.2. The molecule has 0 atom stereocenters. The summed E-state index contributed by atoms with van der Waals surface area (Å²) in [4.78, 5) is 4.03. The van der Waals surface area contributed by atoms with E-state index in [2.05, 4.69) is 129 Å². The molecule has 5 aromatic carbocycles. The minimum atomic E-state index is -0.288. The first-order chi connectivity index (χ1) is 15.8. The summed E-state index contributed by atoms with van der Waals surface area (Å²) in [5, 5.41) is 5.16. The molecule has 0 bridgehead atoms. The van der Waals surface area contributed by atoms with Crippen LogP contribution >= 0.6 is 0 Å². The van der Waals surface area contributed by atoms with Gasteiger partial charge in [-0.2, -0.15) is 0 Å². The van der Waals surface area contributed by atoms with Crippen molar-refractivity contribution in [2.45, 2.75) is 21.6 Å². The van der Waals surface area contributed by atoms with Gasteiger partial charge in [-0.3, -0.25) is 0 Å². The molecule has 5 aromatic rings. The fourth-order valence-corrected chi connectivity index (χ4v) is 6.94. The van der Waals surface area contributed by atoms with Gasteiger partial charge >= 0.3 is 0 Å². The second-order valence-corrected chi connectivity index (χ2v) is 9.66. The Bertz CT molecular complexity index is 1370. The minimum absolute atomic E-state index is 0.288. The predicted octanol–water partition coefficient (Wildman–Crippen LogP) is 8.76. The number of rotatable bonds is 5. The molecule has 0 aliphatic carbocycles. The van der Waals surface area contributed by atoms with Crippen LogP contribution in [-0.4, -0.2) is 0 Å². The highest BCUT2D eigenvalue weighted by Gasteiger charge is 2.34. The standard InChI is InChI=1S/C31H25S/c1-3-12-26-23(4-2)15-9-20-29(26)32(30-21-10-16-24-13-5-7-18-27(24)30)31-22-11-17-25-14-6-8-19-28(25)31/h3-22H,2H2,1H3/q+1/b12-3-. The van der Waals surface area contributed by atoms with Crippen LogP contribution < -0.4 is 0 Å². The van der Waals surface area contributed by atoms with Crippen molar-refractivity contribution in [3.63, 3.8) is 0 Å². The van der Waals surface area contributed by atoms with Crippen LogP contribution in [0, 0.1) is 0 Å². The molecule has 5 rings (SSSR count). The molecule has 1 heteroatoms. The molecule has 154 valence electrons. The van der Waals surface area contributed by atoms with Gasteiger partial charge in [-0.15, -0.1) is 0 Å². The summed E-state index contributed by atoms with van der Waals surface area (Å²) in [5.41, 5.74) is 2.41. The van der Waals surface area contributed by atoms with Crippen LogP contribution in [0.25, 0.3) is 33.7 Å². The summed E-state index contributed by atoms with van der Waals surface area (Å²) in [6.07, 6.45) is 6.31. The molecule has 0 nitrogen and oxygen atoms in total. The molecule has 0 fully saturated rings. The van der Waals surface area contributed by atoms with Gasteiger partial charge in [0.25, 0.3) is 0 Å². The first kappa shape index (κ1) is 20.4. The van der Waals surface area contributed by atoms with E-state index in [1.165, 1.54) is 47.4 Å². The van der Waals surface area contributed by atoms with Crippen LogP contribution in [0.3, 0.4) is 0 Å². The van der Waals surface area contributed by atoms with Crippen LogP contribution in [-0.2, 0) is 10.9 Å². The van der Waals surface area contributed by atoms with Crippen LogP contribution in [0.1, 0.15) is 18.1 Å². The van der Waals surface area contributed by atoms with Crippen molar-refractivity contribution in [2.75, 3.05) is 0 Å². The van der Waals surface area contributed by atoms with E-state index in [0.29, 0.717) is 0 Å². The van der Waals surface area contributed by atoms with Gasteiger partial charge < -0.3 is 0 Å². The highest BCUT2D eigenvalue weighted by molar-refractivity contribution is 7.97. The maximum atomic E-state index is 4.09. The Kier molecular flexibility index (Phi) is 5.66. The molecule has 0 aliphatic heterocycles. The fraction of sp³-hybridized carbons (Fsp3) is 0.0323. The summed E-state index contributed by atoms with van der Waals surface area (Å²) >= 11 is 0. The third kappa shape index (κ3) is 3.55. The third-order valence-electron chi connectivity index (χ3n) is 5.81. The van der Waals surface area contributed by atoms with Crippen LogP contribution in [0.5, 0.6) is 0 Å². The monoisotopic (exact) mass is 429 g/mol. The first-order valence-corrected chi connectivity index (χ1v) is 12.1. The van der Waals surface area contributed by atoms with Gasteiger partial charge in [-0.25, -0.2) is 0 Å². The van der Waals surface area contributed by atoms with Crippen LogP contribution in [0.4, 0.5) is 0 Å². The lowest BCUT2D eigenvalue weighted by atomic mass is 10.1. The number of fused-ring (bicyclic) bond motifs is 2. The molecule has 0 aliphatic rings. The summed E-state index contributed by atoms with van der Waals surface area (Å²) in [7, 11) is -0.288. The van der Waals surface area contributed by atoms with Crippen LogP contribution in [0.2, 0.25) is 0 Å². The number of hydrogen-bond acceptors (Lipinski definition) is 0. The van der Waals surface area contributed by atoms with Crippen molar-refractivity contribution < 1.29 is 0 Å². The summed E-state index contributed by atoms with van der Waals surface area (Å²) < 4.78 is 0. The Labute approximate surface area is 192 Å². The van der Waals surface area contributed by atoms with Gasteiger partial charge in [-0.05, 0) is 53.6 Å². The van der Waals surface area contributed by atoms with E-state index in [4.69, 9.17) is 0 Å². The maximum absolute atomic E-state index is 4.09. The third-order valence-corrected chi connectivity index (χ3v) is 8.20. The normalized spacial score (nSPS) is 11.6. The van der Waals surface area contributed by atoms with Crippen molar-refractivity contribution >= 4 is 44.6 Å². The van der Waals surface area contributed by atoms with Gasteiger partial charge in [0.05, 0.1) is 0 Å². The quantitative estimate of drug-likeness (QED) is 0.245. The average Bonchev–Trinajstić information content (AvgIpc) is 2.85. The number of benzene rings is 5. The Morgan fingerprint density at radius 3 is 1.66 bits per heavy atom.